The Morgan fingerprint density at radius 1 is 1.21 bits per heavy atom. The first kappa shape index (κ1) is 23.6. The molecule has 4 fully saturated rings. The Labute approximate surface area is 202 Å². The Balaban J connectivity index is 1.33. The Morgan fingerprint density at radius 3 is 2.65 bits per heavy atom. The number of carbonyl (C=O) groups excluding carboxylic acids is 1. The van der Waals surface area contributed by atoms with Crippen molar-refractivity contribution in [2.24, 2.45) is 23.2 Å². The van der Waals surface area contributed by atoms with Crippen LogP contribution in [0.25, 0.3) is 0 Å². The van der Waals surface area contributed by atoms with Gasteiger partial charge >= 0.3 is 5.97 Å². The summed E-state index contributed by atoms with van der Waals surface area (Å²) in [5.74, 6) is 6.40. The lowest BCUT2D eigenvalue weighted by atomic mass is 9.63. The summed E-state index contributed by atoms with van der Waals surface area (Å²) in [6.07, 6.45) is 10.5. The maximum atomic E-state index is 12.9. The van der Waals surface area contributed by atoms with Gasteiger partial charge in [0.15, 0.2) is 5.79 Å². The normalized spacial score (nSPS) is 31.6. The smallest absolute Gasteiger partial charge is 0.338 e. The van der Waals surface area contributed by atoms with Gasteiger partial charge in [-0.3, -0.25) is 0 Å². The van der Waals surface area contributed by atoms with E-state index in [1.807, 2.05) is 24.3 Å². The van der Waals surface area contributed by atoms with Crippen molar-refractivity contribution in [2.75, 3.05) is 13.2 Å². The quantitative estimate of drug-likeness (QED) is 0.369. The monoisotopic (exact) mass is 464 g/mol. The van der Waals surface area contributed by atoms with E-state index in [1.165, 1.54) is 0 Å². The van der Waals surface area contributed by atoms with Crippen LogP contribution in [0.1, 0.15) is 68.6 Å². The third-order valence-corrected chi connectivity index (χ3v) is 8.50. The summed E-state index contributed by atoms with van der Waals surface area (Å²) in [5, 5.41) is 11.2. The topological polar surface area (TPSA) is 65.0 Å². The molecule has 1 aromatic carbocycles. The van der Waals surface area contributed by atoms with Crippen LogP contribution in [0, 0.1) is 35.0 Å². The Bertz CT molecular complexity index is 948. The van der Waals surface area contributed by atoms with Crippen molar-refractivity contribution < 1.29 is 24.1 Å². The summed E-state index contributed by atoms with van der Waals surface area (Å²) in [6, 6.07) is 9.18. The van der Waals surface area contributed by atoms with Gasteiger partial charge in [0.25, 0.3) is 0 Å². The predicted octanol–water partition coefficient (Wildman–Crippen LogP) is 4.89. The fourth-order valence-electron chi connectivity index (χ4n) is 6.51. The number of hydrogen-bond acceptors (Lipinski definition) is 5. The number of aliphatic hydroxyl groups excluding tert-OH is 1. The number of aliphatic hydroxyl groups is 1. The first-order valence-electron chi connectivity index (χ1n) is 12.9. The molecule has 0 radical (unpaired) electrons. The highest BCUT2D eigenvalue weighted by Crippen LogP contribution is 2.56. The summed E-state index contributed by atoms with van der Waals surface area (Å²) >= 11 is 0. The molecule has 5 heteroatoms. The molecule has 1 spiro atoms. The largest absolute Gasteiger partial charge is 0.458 e. The molecular formula is C29H36O5. The molecule has 4 aliphatic rings. The molecule has 3 saturated carbocycles. The lowest BCUT2D eigenvalue weighted by molar-refractivity contribution is -0.157. The van der Waals surface area contributed by atoms with Gasteiger partial charge in [0, 0.05) is 37.0 Å². The number of rotatable bonds is 6. The van der Waals surface area contributed by atoms with Crippen LogP contribution in [0.5, 0.6) is 0 Å². The molecule has 5 atom stereocenters. The van der Waals surface area contributed by atoms with Crippen LogP contribution in [0.15, 0.2) is 42.5 Å². The molecule has 1 aromatic rings. The standard InChI is InChI=1S/C29H36O5/c1-2-3-7-13-28(14-8-15-28)26(30)12-11-23-24-20-29(32-16-17-33-29)19-22(24)18-25(23)34-27(31)21-9-5-4-6-10-21/h4-6,9-12,22-26,30H,2,8,13-20H2,1H3/t22-,23-,24+,25-,26-/m1/s1. The Kier molecular flexibility index (Phi) is 6.84. The van der Waals surface area contributed by atoms with E-state index >= 15 is 0 Å². The first-order chi connectivity index (χ1) is 16.5. The number of ether oxygens (including phenoxy) is 3. The zero-order valence-electron chi connectivity index (χ0n) is 20.1. The van der Waals surface area contributed by atoms with Gasteiger partial charge in [-0.05, 0) is 43.2 Å². The summed E-state index contributed by atoms with van der Waals surface area (Å²) in [4.78, 5) is 12.9. The second-order valence-corrected chi connectivity index (χ2v) is 10.5. The van der Waals surface area contributed by atoms with Gasteiger partial charge < -0.3 is 19.3 Å². The molecule has 0 aromatic heterocycles. The molecule has 182 valence electrons. The number of benzene rings is 1. The van der Waals surface area contributed by atoms with Crippen LogP contribution in [0.2, 0.25) is 0 Å². The third kappa shape index (κ3) is 4.56. The van der Waals surface area contributed by atoms with E-state index in [0.29, 0.717) is 30.6 Å². The molecule has 3 aliphatic carbocycles. The van der Waals surface area contributed by atoms with Gasteiger partial charge in [-0.2, -0.15) is 0 Å². The lowest BCUT2D eigenvalue weighted by Gasteiger charge is -2.43. The second kappa shape index (κ2) is 9.85. The van der Waals surface area contributed by atoms with Crippen molar-refractivity contribution in [1.82, 2.24) is 0 Å². The van der Waals surface area contributed by atoms with Crippen molar-refractivity contribution >= 4 is 5.97 Å². The summed E-state index contributed by atoms with van der Waals surface area (Å²) in [7, 11) is 0. The molecule has 0 amide bonds. The summed E-state index contributed by atoms with van der Waals surface area (Å²) < 4.78 is 18.1. The van der Waals surface area contributed by atoms with Crippen LogP contribution in [-0.4, -0.2) is 42.3 Å². The fraction of sp³-hybridized carbons (Fsp3) is 0.621. The van der Waals surface area contributed by atoms with Crippen LogP contribution in [0.4, 0.5) is 0 Å². The molecule has 0 unspecified atom stereocenters. The molecule has 5 nitrogen and oxygen atoms in total. The van der Waals surface area contributed by atoms with Crippen molar-refractivity contribution in [3.8, 4) is 11.8 Å². The van der Waals surface area contributed by atoms with Crippen LogP contribution in [0.3, 0.4) is 0 Å². The molecule has 1 N–H and O–H groups in total. The maximum Gasteiger partial charge on any atom is 0.338 e. The predicted molar refractivity (Wildman–Crippen MR) is 129 cm³/mol. The van der Waals surface area contributed by atoms with E-state index in [4.69, 9.17) is 14.2 Å². The van der Waals surface area contributed by atoms with E-state index < -0.39 is 11.9 Å². The van der Waals surface area contributed by atoms with E-state index in [9.17, 15) is 9.90 Å². The average Bonchev–Trinajstić information content (AvgIpc) is 3.50. The first-order valence-corrected chi connectivity index (χ1v) is 12.9. The Morgan fingerprint density at radius 2 is 1.97 bits per heavy atom. The van der Waals surface area contributed by atoms with Gasteiger partial charge in [-0.1, -0.05) is 43.7 Å². The molecule has 0 bridgehead atoms. The van der Waals surface area contributed by atoms with Crippen LogP contribution >= 0.6 is 0 Å². The highest BCUT2D eigenvalue weighted by atomic mass is 16.7. The van der Waals surface area contributed by atoms with Crippen LogP contribution in [-0.2, 0) is 14.2 Å². The number of esters is 1. The SMILES string of the molecule is CCC#CCC1([C@H](O)C=C[C@@H]2[C@H]3CC4(C[C@H]3C[C@H]2OC(=O)c2ccccc2)OCCO4)CCC1. The second-order valence-electron chi connectivity index (χ2n) is 10.5. The minimum absolute atomic E-state index is 0.0401. The zero-order chi connectivity index (χ0) is 23.6. The van der Waals surface area contributed by atoms with E-state index in [2.05, 4.69) is 24.8 Å². The van der Waals surface area contributed by atoms with Gasteiger partial charge in [-0.25, -0.2) is 4.79 Å². The molecule has 34 heavy (non-hydrogen) atoms. The van der Waals surface area contributed by atoms with Crippen molar-refractivity contribution in [2.45, 2.75) is 76.3 Å². The summed E-state index contributed by atoms with van der Waals surface area (Å²) in [5.41, 5.74) is 0.436. The molecule has 1 saturated heterocycles. The highest BCUT2D eigenvalue weighted by molar-refractivity contribution is 5.89. The van der Waals surface area contributed by atoms with E-state index in [-0.39, 0.29) is 23.4 Å². The van der Waals surface area contributed by atoms with E-state index in [1.54, 1.807) is 12.1 Å². The number of hydrogen-bond donors (Lipinski definition) is 1. The number of carbonyl (C=O) groups is 1. The highest BCUT2D eigenvalue weighted by Gasteiger charge is 2.57. The minimum atomic E-state index is -0.536. The van der Waals surface area contributed by atoms with Crippen LogP contribution < -0.4 is 0 Å². The van der Waals surface area contributed by atoms with E-state index in [0.717, 1.165) is 51.4 Å². The fourth-order valence-corrected chi connectivity index (χ4v) is 6.51. The molecule has 1 heterocycles. The van der Waals surface area contributed by atoms with Crippen molar-refractivity contribution in [1.29, 1.82) is 0 Å². The van der Waals surface area contributed by atoms with Gasteiger partial charge in [0.05, 0.1) is 24.9 Å². The van der Waals surface area contributed by atoms with Crippen molar-refractivity contribution in [3.63, 3.8) is 0 Å². The zero-order valence-corrected chi connectivity index (χ0v) is 20.1. The maximum absolute atomic E-state index is 12.9. The molecule has 5 rings (SSSR count). The lowest BCUT2D eigenvalue weighted by Crippen LogP contribution is -2.40. The summed E-state index contributed by atoms with van der Waals surface area (Å²) in [6.45, 7) is 3.34. The molecule has 1 aliphatic heterocycles. The number of fused-ring (bicyclic) bond motifs is 1. The minimum Gasteiger partial charge on any atom is -0.458 e. The van der Waals surface area contributed by atoms with Gasteiger partial charge in [-0.15, -0.1) is 11.8 Å². The van der Waals surface area contributed by atoms with Gasteiger partial charge in [0.2, 0.25) is 0 Å². The Hall–Kier alpha value is -2.13. The van der Waals surface area contributed by atoms with Gasteiger partial charge in [0.1, 0.15) is 6.10 Å². The molecular weight excluding hydrogens is 428 g/mol. The average molecular weight is 465 g/mol. The third-order valence-electron chi connectivity index (χ3n) is 8.50. The van der Waals surface area contributed by atoms with Crippen molar-refractivity contribution in [3.05, 3.63) is 48.0 Å².